The Morgan fingerprint density at radius 2 is 2.00 bits per heavy atom. The summed E-state index contributed by atoms with van der Waals surface area (Å²) in [6.07, 6.45) is 3.59. The maximum Gasteiger partial charge on any atom is 0.00930 e. The van der Waals surface area contributed by atoms with E-state index in [0.29, 0.717) is 11.5 Å². The van der Waals surface area contributed by atoms with Crippen molar-refractivity contribution in [2.45, 2.75) is 39.2 Å². The first-order valence-electron chi connectivity index (χ1n) is 4.54. The van der Waals surface area contributed by atoms with E-state index in [0.717, 1.165) is 18.9 Å². The van der Waals surface area contributed by atoms with Crippen molar-refractivity contribution < 1.29 is 0 Å². The van der Waals surface area contributed by atoms with Crippen LogP contribution in [0, 0.1) is 11.3 Å². The van der Waals surface area contributed by atoms with E-state index in [9.17, 15) is 0 Å². The van der Waals surface area contributed by atoms with Crippen molar-refractivity contribution in [3.63, 3.8) is 0 Å². The van der Waals surface area contributed by atoms with E-state index < -0.39 is 0 Å². The molecule has 1 fully saturated rings. The molecule has 1 aliphatic carbocycles. The summed E-state index contributed by atoms with van der Waals surface area (Å²) in [6, 6.07) is 0.388. The second kappa shape index (κ2) is 3.11. The van der Waals surface area contributed by atoms with E-state index in [-0.39, 0.29) is 0 Å². The van der Waals surface area contributed by atoms with Crippen molar-refractivity contribution in [2.75, 3.05) is 6.54 Å². The van der Waals surface area contributed by atoms with Crippen LogP contribution in [-0.4, -0.2) is 12.6 Å². The molecule has 0 radical (unpaired) electrons. The first-order chi connectivity index (χ1) is 5.09. The normalized spacial score (nSPS) is 36.0. The maximum atomic E-state index is 5.99. The van der Waals surface area contributed by atoms with Gasteiger partial charge in [0.25, 0.3) is 0 Å². The van der Waals surface area contributed by atoms with Gasteiger partial charge in [0, 0.05) is 6.04 Å². The van der Waals surface area contributed by atoms with Crippen LogP contribution >= 0.6 is 0 Å². The third kappa shape index (κ3) is 1.57. The van der Waals surface area contributed by atoms with Gasteiger partial charge in [-0.05, 0) is 37.1 Å². The Morgan fingerprint density at radius 3 is 2.36 bits per heavy atom. The summed E-state index contributed by atoms with van der Waals surface area (Å²) < 4.78 is 0. The van der Waals surface area contributed by atoms with Gasteiger partial charge in [0.05, 0.1) is 0 Å². The highest BCUT2D eigenvalue weighted by Gasteiger charge is 2.39. The Kier molecular flexibility index (Phi) is 2.55. The van der Waals surface area contributed by atoms with Crippen LogP contribution in [0.5, 0.6) is 0 Å². The Hall–Kier alpha value is -0.0800. The summed E-state index contributed by atoms with van der Waals surface area (Å²) in [5, 5.41) is 0. The minimum Gasteiger partial charge on any atom is -0.330 e. The molecule has 2 atom stereocenters. The molecule has 4 N–H and O–H groups in total. The summed E-state index contributed by atoms with van der Waals surface area (Å²) in [4.78, 5) is 0. The Bertz CT molecular complexity index is 130. The molecule has 66 valence electrons. The molecule has 0 aromatic carbocycles. The first kappa shape index (κ1) is 9.01. The van der Waals surface area contributed by atoms with E-state index in [2.05, 4.69) is 13.8 Å². The molecule has 11 heavy (non-hydrogen) atoms. The van der Waals surface area contributed by atoms with Crippen molar-refractivity contribution in [2.24, 2.45) is 22.8 Å². The van der Waals surface area contributed by atoms with Crippen LogP contribution in [-0.2, 0) is 0 Å². The van der Waals surface area contributed by atoms with Crippen molar-refractivity contribution in [1.82, 2.24) is 0 Å². The average molecular weight is 156 g/mol. The third-order valence-corrected chi connectivity index (χ3v) is 3.35. The molecule has 2 nitrogen and oxygen atoms in total. The van der Waals surface area contributed by atoms with E-state index in [1.54, 1.807) is 0 Å². The lowest BCUT2D eigenvalue weighted by Crippen LogP contribution is -2.36. The van der Waals surface area contributed by atoms with Crippen LogP contribution in [0.2, 0.25) is 0 Å². The van der Waals surface area contributed by atoms with Gasteiger partial charge in [-0.2, -0.15) is 0 Å². The van der Waals surface area contributed by atoms with Gasteiger partial charge in [-0.1, -0.05) is 13.8 Å². The van der Waals surface area contributed by atoms with Gasteiger partial charge in [0.15, 0.2) is 0 Å². The fourth-order valence-corrected chi connectivity index (χ4v) is 2.15. The highest BCUT2D eigenvalue weighted by molar-refractivity contribution is 4.94. The molecule has 0 unspecified atom stereocenters. The highest BCUT2D eigenvalue weighted by Crippen LogP contribution is 2.43. The molecular formula is C9H20N2. The van der Waals surface area contributed by atoms with Crippen molar-refractivity contribution in [3.8, 4) is 0 Å². The fourth-order valence-electron chi connectivity index (χ4n) is 2.15. The second-order valence-electron chi connectivity index (χ2n) is 4.28. The molecule has 0 amide bonds. The molecule has 0 spiro atoms. The zero-order valence-corrected chi connectivity index (χ0v) is 7.64. The van der Waals surface area contributed by atoms with E-state index in [4.69, 9.17) is 11.5 Å². The van der Waals surface area contributed by atoms with Crippen molar-refractivity contribution in [3.05, 3.63) is 0 Å². The SMILES string of the molecule is CC1(C)[C@@H](CCN)CC[C@H]1N. The number of hydrogen-bond acceptors (Lipinski definition) is 2. The van der Waals surface area contributed by atoms with Crippen LogP contribution in [0.25, 0.3) is 0 Å². The predicted octanol–water partition coefficient (Wildman–Crippen LogP) is 1.10. The summed E-state index contributed by atoms with van der Waals surface area (Å²) in [5.41, 5.74) is 11.8. The van der Waals surface area contributed by atoms with Gasteiger partial charge in [-0.25, -0.2) is 0 Å². The van der Waals surface area contributed by atoms with Crippen LogP contribution in [0.1, 0.15) is 33.1 Å². The van der Waals surface area contributed by atoms with Gasteiger partial charge in [0.1, 0.15) is 0 Å². The largest absolute Gasteiger partial charge is 0.330 e. The predicted molar refractivity (Wildman–Crippen MR) is 48.2 cm³/mol. The third-order valence-electron chi connectivity index (χ3n) is 3.35. The van der Waals surface area contributed by atoms with Crippen molar-refractivity contribution in [1.29, 1.82) is 0 Å². The minimum atomic E-state index is 0.319. The van der Waals surface area contributed by atoms with Crippen molar-refractivity contribution >= 4 is 0 Å². The Morgan fingerprint density at radius 1 is 1.36 bits per heavy atom. The van der Waals surface area contributed by atoms with Gasteiger partial charge >= 0.3 is 0 Å². The second-order valence-corrected chi connectivity index (χ2v) is 4.28. The van der Waals surface area contributed by atoms with Gasteiger partial charge in [-0.15, -0.1) is 0 Å². The van der Waals surface area contributed by atoms with Crippen LogP contribution < -0.4 is 11.5 Å². The van der Waals surface area contributed by atoms with Crippen LogP contribution in [0.4, 0.5) is 0 Å². The lowest BCUT2D eigenvalue weighted by molar-refractivity contribution is 0.223. The van der Waals surface area contributed by atoms with Gasteiger partial charge in [-0.3, -0.25) is 0 Å². The number of nitrogens with two attached hydrogens (primary N) is 2. The molecule has 1 saturated carbocycles. The Labute approximate surface area is 69.3 Å². The van der Waals surface area contributed by atoms with Gasteiger partial charge < -0.3 is 11.5 Å². The summed E-state index contributed by atoms with van der Waals surface area (Å²) in [7, 11) is 0. The molecule has 1 rings (SSSR count). The molecule has 0 aliphatic heterocycles. The average Bonchev–Trinajstić information content (AvgIpc) is 2.16. The van der Waals surface area contributed by atoms with E-state index in [1.807, 2.05) is 0 Å². The molecule has 1 aliphatic rings. The van der Waals surface area contributed by atoms with E-state index in [1.165, 1.54) is 12.8 Å². The summed E-state index contributed by atoms with van der Waals surface area (Å²) in [5.74, 6) is 0.752. The van der Waals surface area contributed by atoms with Crippen LogP contribution in [0.15, 0.2) is 0 Å². The maximum absolute atomic E-state index is 5.99. The monoisotopic (exact) mass is 156 g/mol. The summed E-state index contributed by atoms with van der Waals surface area (Å²) >= 11 is 0. The quantitative estimate of drug-likeness (QED) is 0.629. The number of hydrogen-bond donors (Lipinski definition) is 2. The fraction of sp³-hybridized carbons (Fsp3) is 1.00. The first-order valence-corrected chi connectivity index (χ1v) is 4.54. The molecule has 0 heterocycles. The lowest BCUT2D eigenvalue weighted by Gasteiger charge is -2.30. The molecule has 0 bridgehead atoms. The summed E-state index contributed by atoms with van der Waals surface area (Å²) in [6.45, 7) is 5.34. The standard InChI is InChI=1S/C9H20N2/c1-9(2)7(5-6-10)3-4-8(9)11/h7-8H,3-6,10-11H2,1-2H3/t7-,8-/m1/s1. The zero-order valence-electron chi connectivity index (χ0n) is 7.64. The smallest absolute Gasteiger partial charge is 0.00930 e. The van der Waals surface area contributed by atoms with Gasteiger partial charge in [0.2, 0.25) is 0 Å². The van der Waals surface area contributed by atoms with Crippen LogP contribution in [0.3, 0.4) is 0 Å². The Balaban J connectivity index is 2.55. The highest BCUT2D eigenvalue weighted by atomic mass is 14.7. The topological polar surface area (TPSA) is 52.0 Å². The molecule has 0 aromatic heterocycles. The number of rotatable bonds is 2. The molecule has 2 heteroatoms. The van der Waals surface area contributed by atoms with E-state index >= 15 is 0 Å². The zero-order chi connectivity index (χ0) is 8.48. The molecular weight excluding hydrogens is 136 g/mol. The molecule has 0 saturated heterocycles. The molecule has 0 aromatic rings. The lowest BCUT2D eigenvalue weighted by atomic mass is 9.78. The minimum absolute atomic E-state index is 0.319.